The summed E-state index contributed by atoms with van der Waals surface area (Å²) in [6.07, 6.45) is 3.64. The fourth-order valence-electron chi connectivity index (χ4n) is 2.86. The molecule has 0 saturated carbocycles. The Bertz CT molecular complexity index is 548. The van der Waals surface area contributed by atoms with Crippen molar-refractivity contribution in [2.45, 2.75) is 45.2 Å². The van der Waals surface area contributed by atoms with Gasteiger partial charge in [-0.2, -0.15) is 4.39 Å². The number of benzene rings is 1. The fourth-order valence-corrected chi connectivity index (χ4v) is 2.86. The first-order valence-electron chi connectivity index (χ1n) is 7.13. The Balaban J connectivity index is 2.10. The summed E-state index contributed by atoms with van der Waals surface area (Å²) in [7, 11) is 0. The van der Waals surface area contributed by atoms with E-state index < -0.39 is 16.4 Å². The standard InChI is InChI=1S/C15H19FN2O3/c1-11(19)8-13-4-2-3-7-17(13)10-12-5-6-15(18(20)21)14(16)9-12/h5-6,9,13H,2-4,7-8,10H2,1H3. The van der Waals surface area contributed by atoms with E-state index in [2.05, 4.69) is 4.90 Å². The number of halogens is 1. The Morgan fingerprint density at radius 2 is 2.24 bits per heavy atom. The second kappa shape index (κ2) is 6.76. The van der Waals surface area contributed by atoms with Crippen LogP contribution in [0.4, 0.5) is 10.1 Å². The van der Waals surface area contributed by atoms with E-state index in [-0.39, 0.29) is 11.8 Å². The molecule has 0 N–H and O–H groups in total. The second-order valence-electron chi connectivity index (χ2n) is 5.57. The Morgan fingerprint density at radius 1 is 1.48 bits per heavy atom. The lowest BCUT2D eigenvalue weighted by atomic mass is 9.97. The summed E-state index contributed by atoms with van der Waals surface area (Å²) in [5.74, 6) is -0.653. The van der Waals surface area contributed by atoms with Crippen LogP contribution in [0.15, 0.2) is 18.2 Å². The molecule has 0 bridgehead atoms. The number of likely N-dealkylation sites (tertiary alicyclic amines) is 1. The van der Waals surface area contributed by atoms with Gasteiger partial charge in [0.1, 0.15) is 5.78 Å². The summed E-state index contributed by atoms with van der Waals surface area (Å²) >= 11 is 0. The topological polar surface area (TPSA) is 63.5 Å². The van der Waals surface area contributed by atoms with E-state index in [4.69, 9.17) is 0 Å². The zero-order valence-electron chi connectivity index (χ0n) is 12.0. The summed E-state index contributed by atoms with van der Waals surface area (Å²) in [6, 6.07) is 4.20. The summed E-state index contributed by atoms with van der Waals surface area (Å²) in [4.78, 5) is 23.4. The number of carbonyl (C=O) groups is 1. The van der Waals surface area contributed by atoms with Crippen molar-refractivity contribution < 1.29 is 14.1 Å². The first kappa shape index (κ1) is 15.6. The van der Waals surface area contributed by atoms with Crippen LogP contribution in [-0.4, -0.2) is 28.2 Å². The van der Waals surface area contributed by atoms with Gasteiger partial charge in [-0.25, -0.2) is 0 Å². The van der Waals surface area contributed by atoms with E-state index >= 15 is 0 Å². The first-order chi connectivity index (χ1) is 9.97. The van der Waals surface area contributed by atoms with E-state index in [9.17, 15) is 19.3 Å². The molecule has 1 aromatic carbocycles. The molecule has 1 atom stereocenters. The number of Topliss-reactive ketones (excluding diaryl/α,β-unsaturated/α-hetero) is 1. The highest BCUT2D eigenvalue weighted by Crippen LogP contribution is 2.24. The van der Waals surface area contributed by atoms with Crippen molar-refractivity contribution >= 4 is 11.5 Å². The molecule has 114 valence electrons. The number of nitro groups is 1. The maximum atomic E-state index is 13.6. The highest BCUT2D eigenvalue weighted by atomic mass is 19.1. The smallest absolute Gasteiger partial charge is 0.300 e. The highest BCUT2D eigenvalue weighted by Gasteiger charge is 2.24. The Labute approximate surface area is 122 Å². The third-order valence-electron chi connectivity index (χ3n) is 3.87. The molecular weight excluding hydrogens is 275 g/mol. The number of nitro benzene ring substituents is 1. The zero-order chi connectivity index (χ0) is 15.4. The molecule has 0 aliphatic carbocycles. The van der Waals surface area contributed by atoms with Crippen LogP contribution >= 0.6 is 0 Å². The molecule has 0 radical (unpaired) electrons. The largest absolute Gasteiger partial charge is 0.304 e. The molecule has 1 aliphatic rings. The van der Waals surface area contributed by atoms with Gasteiger partial charge in [-0.05, 0) is 37.9 Å². The summed E-state index contributed by atoms with van der Waals surface area (Å²) in [5, 5.41) is 10.6. The van der Waals surface area contributed by atoms with Crippen LogP contribution in [0.25, 0.3) is 0 Å². The van der Waals surface area contributed by atoms with E-state index in [0.29, 0.717) is 18.5 Å². The van der Waals surface area contributed by atoms with Gasteiger partial charge in [-0.15, -0.1) is 0 Å². The van der Waals surface area contributed by atoms with Crippen LogP contribution in [0.3, 0.4) is 0 Å². The molecule has 1 saturated heterocycles. The molecule has 1 unspecified atom stereocenters. The van der Waals surface area contributed by atoms with Gasteiger partial charge in [-0.3, -0.25) is 19.8 Å². The van der Waals surface area contributed by atoms with Crippen LogP contribution in [0.1, 0.15) is 38.2 Å². The third-order valence-corrected chi connectivity index (χ3v) is 3.87. The normalized spacial score (nSPS) is 19.4. The fraction of sp³-hybridized carbons (Fsp3) is 0.533. The zero-order valence-corrected chi connectivity index (χ0v) is 12.0. The van der Waals surface area contributed by atoms with Crippen molar-refractivity contribution in [3.8, 4) is 0 Å². The molecule has 1 aromatic rings. The molecule has 1 aliphatic heterocycles. The molecule has 2 rings (SSSR count). The minimum atomic E-state index is -0.808. The number of nitrogens with zero attached hydrogens (tertiary/aromatic N) is 2. The molecule has 21 heavy (non-hydrogen) atoms. The van der Waals surface area contributed by atoms with Crippen molar-refractivity contribution in [1.29, 1.82) is 0 Å². The van der Waals surface area contributed by atoms with Crippen molar-refractivity contribution in [3.05, 3.63) is 39.7 Å². The van der Waals surface area contributed by atoms with Gasteiger partial charge in [-0.1, -0.05) is 12.5 Å². The van der Waals surface area contributed by atoms with E-state index in [1.54, 1.807) is 13.0 Å². The highest BCUT2D eigenvalue weighted by molar-refractivity contribution is 5.76. The minimum Gasteiger partial charge on any atom is -0.300 e. The number of ketones is 1. The van der Waals surface area contributed by atoms with Gasteiger partial charge in [0.25, 0.3) is 0 Å². The Hall–Kier alpha value is -1.82. The van der Waals surface area contributed by atoms with Gasteiger partial charge in [0.15, 0.2) is 0 Å². The predicted molar refractivity (Wildman–Crippen MR) is 76.4 cm³/mol. The average Bonchev–Trinajstić information content (AvgIpc) is 2.40. The molecule has 5 nitrogen and oxygen atoms in total. The SMILES string of the molecule is CC(=O)CC1CCCCN1Cc1ccc([N+](=O)[O-])c(F)c1. The van der Waals surface area contributed by atoms with Crippen molar-refractivity contribution in [1.82, 2.24) is 4.90 Å². The van der Waals surface area contributed by atoms with Crippen molar-refractivity contribution in [2.24, 2.45) is 0 Å². The van der Waals surface area contributed by atoms with Gasteiger partial charge < -0.3 is 0 Å². The minimum absolute atomic E-state index is 0.154. The van der Waals surface area contributed by atoms with Crippen LogP contribution in [0, 0.1) is 15.9 Å². The molecule has 0 amide bonds. The van der Waals surface area contributed by atoms with Crippen LogP contribution < -0.4 is 0 Å². The van der Waals surface area contributed by atoms with Gasteiger partial charge >= 0.3 is 5.69 Å². The molecule has 1 fully saturated rings. The van der Waals surface area contributed by atoms with E-state index in [1.807, 2.05) is 0 Å². The number of piperidine rings is 1. The number of hydrogen-bond donors (Lipinski definition) is 0. The molecular formula is C15H19FN2O3. The monoisotopic (exact) mass is 294 g/mol. The Morgan fingerprint density at radius 3 is 2.86 bits per heavy atom. The average molecular weight is 294 g/mol. The Kier molecular flexibility index (Phi) is 5.01. The van der Waals surface area contributed by atoms with Gasteiger partial charge in [0, 0.05) is 25.1 Å². The molecule has 0 spiro atoms. The molecule has 1 heterocycles. The maximum Gasteiger partial charge on any atom is 0.304 e. The predicted octanol–water partition coefficient (Wildman–Crippen LogP) is 3.07. The van der Waals surface area contributed by atoms with Gasteiger partial charge in [0.2, 0.25) is 5.82 Å². The molecule has 0 aromatic heterocycles. The van der Waals surface area contributed by atoms with E-state index in [1.165, 1.54) is 12.1 Å². The summed E-state index contributed by atoms with van der Waals surface area (Å²) < 4.78 is 13.6. The second-order valence-corrected chi connectivity index (χ2v) is 5.57. The maximum absolute atomic E-state index is 13.6. The summed E-state index contributed by atoms with van der Waals surface area (Å²) in [5.41, 5.74) is 0.200. The quantitative estimate of drug-likeness (QED) is 0.618. The third kappa shape index (κ3) is 4.07. The van der Waals surface area contributed by atoms with Crippen LogP contribution in [0.2, 0.25) is 0 Å². The van der Waals surface area contributed by atoms with Gasteiger partial charge in [0.05, 0.1) is 4.92 Å². The first-order valence-corrected chi connectivity index (χ1v) is 7.13. The lowest BCUT2D eigenvalue weighted by Gasteiger charge is -2.35. The van der Waals surface area contributed by atoms with Crippen LogP contribution in [-0.2, 0) is 11.3 Å². The van der Waals surface area contributed by atoms with Crippen LogP contribution in [0.5, 0.6) is 0 Å². The number of rotatable bonds is 5. The van der Waals surface area contributed by atoms with E-state index in [0.717, 1.165) is 25.8 Å². The summed E-state index contributed by atoms with van der Waals surface area (Å²) in [6.45, 7) is 2.97. The van der Waals surface area contributed by atoms with Crippen molar-refractivity contribution in [2.75, 3.05) is 6.54 Å². The van der Waals surface area contributed by atoms with Crippen molar-refractivity contribution in [3.63, 3.8) is 0 Å². The number of hydrogen-bond acceptors (Lipinski definition) is 4. The lowest BCUT2D eigenvalue weighted by Crippen LogP contribution is -2.40. The number of carbonyl (C=O) groups excluding carboxylic acids is 1. The lowest BCUT2D eigenvalue weighted by molar-refractivity contribution is -0.387. The molecule has 6 heteroatoms.